The molecule has 20 heavy (non-hydrogen) atoms. The van der Waals surface area contributed by atoms with Crippen molar-refractivity contribution in [2.45, 2.75) is 26.4 Å². The number of nitrogens with one attached hydrogen (secondary N) is 1. The van der Waals surface area contributed by atoms with Crippen molar-refractivity contribution in [1.82, 2.24) is 9.88 Å². The standard InChI is InChI=1S/C16H18N2O2/c1-12-8-9-18(16(20)10-12)11-15(19)17-13(2)14-6-4-3-5-7-14/h3-10,13H,11H2,1-2H3,(H,17,19). The number of aryl methyl sites for hydroxylation is 1. The number of rotatable bonds is 4. The van der Waals surface area contributed by atoms with Crippen molar-refractivity contribution in [2.75, 3.05) is 0 Å². The molecule has 1 aromatic heterocycles. The highest BCUT2D eigenvalue weighted by Gasteiger charge is 2.10. The van der Waals surface area contributed by atoms with Crippen LogP contribution in [-0.4, -0.2) is 10.5 Å². The van der Waals surface area contributed by atoms with E-state index in [9.17, 15) is 9.59 Å². The lowest BCUT2D eigenvalue weighted by Gasteiger charge is -2.14. The molecule has 1 N–H and O–H groups in total. The molecule has 0 saturated heterocycles. The number of carbonyl (C=O) groups is 1. The van der Waals surface area contributed by atoms with Crippen molar-refractivity contribution < 1.29 is 4.79 Å². The third-order valence-corrected chi connectivity index (χ3v) is 3.14. The van der Waals surface area contributed by atoms with Gasteiger partial charge in [0.25, 0.3) is 5.56 Å². The van der Waals surface area contributed by atoms with Gasteiger partial charge in [0, 0.05) is 12.3 Å². The van der Waals surface area contributed by atoms with E-state index in [0.717, 1.165) is 11.1 Å². The minimum atomic E-state index is -0.174. The number of benzene rings is 1. The summed E-state index contributed by atoms with van der Waals surface area (Å²) in [5.41, 5.74) is 1.77. The largest absolute Gasteiger partial charge is 0.348 e. The minimum absolute atomic E-state index is 0.0380. The predicted molar refractivity (Wildman–Crippen MR) is 78.4 cm³/mol. The van der Waals surface area contributed by atoms with Gasteiger partial charge in [-0.15, -0.1) is 0 Å². The molecule has 2 rings (SSSR count). The van der Waals surface area contributed by atoms with Crippen LogP contribution in [-0.2, 0) is 11.3 Å². The fourth-order valence-corrected chi connectivity index (χ4v) is 2.00. The third kappa shape index (κ3) is 3.57. The normalized spacial score (nSPS) is 11.9. The van der Waals surface area contributed by atoms with Gasteiger partial charge in [0.05, 0.1) is 6.04 Å². The van der Waals surface area contributed by atoms with E-state index in [1.54, 1.807) is 6.20 Å². The zero-order valence-electron chi connectivity index (χ0n) is 11.7. The first-order valence-corrected chi connectivity index (χ1v) is 6.57. The van der Waals surface area contributed by atoms with Gasteiger partial charge in [-0.25, -0.2) is 0 Å². The van der Waals surface area contributed by atoms with Gasteiger partial charge in [0.1, 0.15) is 6.54 Å². The van der Waals surface area contributed by atoms with Crippen LogP contribution in [0.15, 0.2) is 53.5 Å². The minimum Gasteiger partial charge on any atom is -0.348 e. The molecule has 104 valence electrons. The lowest BCUT2D eigenvalue weighted by atomic mass is 10.1. The first-order chi connectivity index (χ1) is 9.56. The number of pyridine rings is 1. The van der Waals surface area contributed by atoms with Gasteiger partial charge in [-0.1, -0.05) is 30.3 Å². The highest BCUT2D eigenvalue weighted by atomic mass is 16.2. The van der Waals surface area contributed by atoms with Crippen LogP contribution in [0.2, 0.25) is 0 Å². The summed E-state index contributed by atoms with van der Waals surface area (Å²) in [4.78, 5) is 23.7. The van der Waals surface area contributed by atoms with Crippen LogP contribution in [0.5, 0.6) is 0 Å². The Morgan fingerprint density at radius 3 is 2.60 bits per heavy atom. The van der Waals surface area contributed by atoms with Crippen LogP contribution in [0.3, 0.4) is 0 Å². The summed E-state index contributed by atoms with van der Waals surface area (Å²) in [6.45, 7) is 3.81. The smallest absolute Gasteiger partial charge is 0.251 e. The molecule has 4 heteroatoms. The average molecular weight is 270 g/mol. The van der Waals surface area contributed by atoms with Gasteiger partial charge in [0.2, 0.25) is 5.91 Å². The van der Waals surface area contributed by atoms with Gasteiger partial charge in [-0.05, 0) is 31.0 Å². The van der Waals surface area contributed by atoms with E-state index in [2.05, 4.69) is 5.32 Å². The van der Waals surface area contributed by atoms with Crippen molar-refractivity contribution in [3.05, 3.63) is 70.1 Å². The molecule has 0 aliphatic carbocycles. The summed E-state index contributed by atoms with van der Waals surface area (Å²) >= 11 is 0. The molecule has 1 amide bonds. The van der Waals surface area contributed by atoms with Crippen LogP contribution in [0.4, 0.5) is 0 Å². The molecule has 0 bridgehead atoms. The van der Waals surface area contributed by atoms with E-state index in [-0.39, 0.29) is 24.1 Å². The third-order valence-electron chi connectivity index (χ3n) is 3.14. The second-order valence-electron chi connectivity index (χ2n) is 4.87. The van der Waals surface area contributed by atoms with Gasteiger partial charge < -0.3 is 9.88 Å². The summed E-state index contributed by atoms with van der Waals surface area (Å²) in [7, 11) is 0. The Kier molecular flexibility index (Phi) is 4.35. The number of hydrogen-bond acceptors (Lipinski definition) is 2. The maximum Gasteiger partial charge on any atom is 0.251 e. The first kappa shape index (κ1) is 14.1. The summed E-state index contributed by atoms with van der Waals surface area (Å²) in [5, 5.41) is 2.89. The summed E-state index contributed by atoms with van der Waals surface area (Å²) in [6.07, 6.45) is 1.64. The second-order valence-corrected chi connectivity index (χ2v) is 4.87. The van der Waals surface area contributed by atoms with Crippen LogP contribution < -0.4 is 10.9 Å². The Balaban J connectivity index is 2.01. The van der Waals surface area contributed by atoms with Crippen LogP contribution >= 0.6 is 0 Å². The molecule has 4 nitrogen and oxygen atoms in total. The lowest BCUT2D eigenvalue weighted by Crippen LogP contribution is -2.33. The Labute approximate surface area is 118 Å². The van der Waals surface area contributed by atoms with E-state index in [0.29, 0.717) is 0 Å². The average Bonchev–Trinajstić information content (AvgIpc) is 2.43. The van der Waals surface area contributed by atoms with E-state index < -0.39 is 0 Å². The van der Waals surface area contributed by atoms with Crippen LogP contribution in [0.1, 0.15) is 24.1 Å². The number of amides is 1. The summed E-state index contributed by atoms with van der Waals surface area (Å²) in [6, 6.07) is 13.0. The highest BCUT2D eigenvalue weighted by Crippen LogP contribution is 2.10. The molecule has 0 fully saturated rings. The molecule has 1 atom stereocenters. The molecular formula is C16H18N2O2. The fraction of sp³-hybridized carbons (Fsp3) is 0.250. The van der Waals surface area contributed by atoms with Crippen molar-refractivity contribution in [2.24, 2.45) is 0 Å². The molecule has 0 aliphatic heterocycles. The maximum absolute atomic E-state index is 12.0. The Morgan fingerprint density at radius 1 is 1.25 bits per heavy atom. The lowest BCUT2D eigenvalue weighted by molar-refractivity contribution is -0.122. The predicted octanol–water partition coefficient (Wildman–Crippen LogP) is 2.03. The molecule has 2 aromatic rings. The highest BCUT2D eigenvalue weighted by molar-refractivity contribution is 5.76. The Bertz CT molecular complexity index is 647. The zero-order valence-corrected chi connectivity index (χ0v) is 11.7. The van der Waals surface area contributed by atoms with Gasteiger partial charge >= 0.3 is 0 Å². The van der Waals surface area contributed by atoms with Crippen molar-refractivity contribution in [1.29, 1.82) is 0 Å². The van der Waals surface area contributed by atoms with E-state index >= 15 is 0 Å². The van der Waals surface area contributed by atoms with Gasteiger partial charge in [-0.3, -0.25) is 9.59 Å². The molecule has 0 radical (unpaired) electrons. The Hall–Kier alpha value is -2.36. The number of nitrogens with zero attached hydrogens (tertiary/aromatic N) is 1. The molecule has 0 spiro atoms. The quantitative estimate of drug-likeness (QED) is 0.924. The molecule has 0 aliphatic rings. The topological polar surface area (TPSA) is 51.1 Å². The van der Waals surface area contributed by atoms with E-state index in [1.807, 2.05) is 50.2 Å². The van der Waals surface area contributed by atoms with Crippen LogP contribution in [0, 0.1) is 6.92 Å². The molecule has 0 saturated carbocycles. The van der Waals surface area contributed by atoms with Crippen molar-refractivity contribution in [3.8, 4) is 0 Å². The van der Waals surface area contributed by atoms with Gasteiger partial charge in [-0.2, -0.15) is 0 Å². The zero-order chi connectivity index (χ0) is 14.5. The summed E-state index contributed by atoms with van der Waals surface area (Å²) in [5.74, 6) is -0.174. The van der Waals surface area contributed by atoms with E-state index in [4.69, 9.17) is 0 Å². The van der Waals surface area contributed by atoms with Crippen molar-refractivity contribution in [3.63, 3.8) is 0 Å². The number of carbonyl (C=O) groups excluding carboxylic acids is 1. The number of hydrogen-bond donors (Lipinski definition) is 1. The summed E-state index contributed by atoms with van der Waals surface area (Å²) < 4.78 is 1.40. The van der Waals surface area contributed by atoms with Gasteiger partial charge in [0.15, 0.2) is 0 Å². The molecule has 1 unspecified atom stereocenters. The fourth-order valence-electron chi connectivity index (χ4n) is 2.00. The molecular weight excluding hydrogens is 252 g/mol. The van der Waals surface area contributed by atoms with Crippen LogP contribution in [0.25, 0.3) is 0 Å². The maximum atomic E-state index is 12.0. The Morgan fingerprint density at radius 2 is 1.95 bits per heavy atom. The molecule has 1 heterocycles. The molecule has 1 aromatic carbocycles. The second kappa shape index (κ2) is 6.19. The SMILES string of the molecule is Cc1ccn(CC(=O)NC(C)c2ccccc2)c(=O)c1. The monoisotopic (exact) mass is 270 g/mol. The van der Waals surface area contributed by atoms with Crippen molar-refractivity contribution >= 4 is 5.91 Å². The first-order valence-electron chi connectivity index (χ1n) is 6.57. The van der Waals surface area contributed by atoms with E-state index in [1.165, 1.54) is 10.6 Å². The number of aromatic nitrogens is 1.